The number of nitrogens with two attached hydrogens (primary N) is 1. The first-order chi connectivity index (χ1) is 8.74. The molecule has 0 radical (unpaired) electrons. The Hall–Kier alpha value is -0.940. The third kappa shape index (κ3) is 2.29. The van der Waals surface area contributed by atoms with Gasteiger partial charge < -0.3 is 10.7 Å². The highest BCUT2D eigenvalue weighted by Crippen LogP contribution is 2.32. The van der Waals surface area contributed by atoms with Crippen molar-refractivity contribution in [2.75, 3.05) is 0 Å². The highest BCUT2D eigenvalue weighted by atomic mass is 79.9. The molecule has 0 amide bonds. The van der Waals surface area contributed by atoms with Gasteiger partial charge in [0.2, 0.25) is 0 Å². The Bertz CT molecular complexity index is 545. The van der Waals surface area contributed by atoms with E-state index >= 15 is 0 Å². The second kappa shape index (κ2) is 4.97. The molecule has 18 heavy (non-hydrogen) atoms. The van der Waals surface area contributed by atoms with Crippen LogP contribution in [-0.2, 0) is 0 Å². The molecule has 2 aromatic heterocycles. The van der Waals surface area contributed by atoms with E-state index < -0.39 is 0 Å². The summed E-state index contributed by atoms with van der Waals surface area (Å²) in [5.41, 5.74) is 8.04. The number of aromatic amines is 1. The fourth-order valence-corrected chi connectivity index (χ4v) is 3.10. The van der Waals surface area contributed by atoms with Crippen LogP contribution in [0.4, 0.5) is 0 Å². The van der Waals surface area contributed by atoms with E-state index in [0.717, 1.165) is 21.5 Å². The molecular formula is C13H17BrN4. The molecule has 1 atom stereocenters. The van der Waals surface area contributed by atoms with Gasteiger partial charge in [-0.15, -0.1) is 0 Å². The molecule has 0 spiro atoms. The van der Waals surface area contributed by atoms with Gasteiger partial charge in [0.15, 0.2) is 5.65 Å². The van der Waals surface area contributed by atoms with E-state index in [4.69, 9.17) is 5.73 Å². The van der Waals surface area contributed by atoms with Crippen molar-refractivity contribution in [3.63, 3.8) is 0 Å². The van der Waals surface area contributed by atoms with Crippen molar-refractivity contribution in [3.8, 4) is 0 Å². The molecule has 4 nitrogen and oxygen atoms in total. The Kier molecular flexibility index (Phi) is 3.35. The maximum atomic E-state index is 6.34. The zero-order valence-electron chi connectivity index (χ0n) is 10.2. The standard InChI is InChI=1S/C13H17BrN4/c14-9-6-10-12(16-7-9)18-13(17-10)11(15)8-4-2-1-3-5-8/h6-8,11H,1-5,15H2,(H,16,17,18). The minimum atomic E-state index is 0.0123. The van der Waals surface area contributed by atoms with Gasteiger partial charge in [-0.05, 0) is 40.8 Å². The first-order valence-corrected chi connectivity index (χ1v) is 7.30. The maximum Gasteiger partial charge on any atom is 0.177 e. The van der Waals surface area contributed by atoms with Gasteiger partial charge in [-0.2, -0.15) is 0 Å². The molecule has 1 aliphatic carbocycles. The quantitative estimate of drug-likeness (QED) is 0.894. The number of hydrogen-bond donors (Lipinski definition) is 2. The first kappa shape index (κ1) is 12.1. The molecule has 3 rings (SSSR count). The van der Waals surface area contributed by atoms with Crippen molar-refractivity contribution in [3.05, 3.63) is 22.6 Å². The second-order valence-corrected chi connectivity index (χ2v) is 5.99. The largest absolute Gasteiger partial charge is 0.339 e. The molecule has 1 saturated carbocycles. The maximum absolute atomic E-state index is 6.34. The summed E-state index contributed by atoms with van der Waals surface area (Å²) in [6.45, 7) is 0. The Morgan fingerprint density at radius 1 is 1.33 bits per heavy atom. The molecule has 2 aromatic rings. The van der Waals surface area contributed by atoms with E-state index in [9.17, 15) is 0 Å². The zero-order valence-corrected chi connectivity index (χ0v) is 11.8. The summed E-state index contributed by atoms with van der Waals surface area (Å²) < 4.78 is 0.955. The van der Waals surface area contributed by atoms with Crippen molar-refractivity contribution in [2.45, 2.75) is 38.1 Å². The Morgan fingerprint density at radius 3 is 2.89 bits per heavy atom. The molecule has 3 N–H and O–H groups in total. The van der Waals surface area contributed by atoms with Gasteiger partial charge in [0.25, 0.3) is 0 Å². The topological polar surface area (TPSA) is 67.6 Å². The summed E-state index contributed by atoms with van der Waals surface area (Å²) in [6.07, 6.45) is 8.13. The zero-order chi connectivity index (χ0) is 12.5. The summed E-state index contributed by atoms with van der Waals surface area (Å²) >= 11 is 3.41. The van der Waals surface area contributed by atoms with Crippen LogP contribution in [0.3, 0.4) is 0 Å². The van der Waals surface area contributed by atoms with Crippen LogP contribution in [0.5, 0.6) is 0 Å². The summed E-state index contributed by atoms with van der Waals surface area (Å²) in [4.78, 5) is 12.1. The lowest BCUT2D eigenvalue weighted by molar-refractivity contribution is 0.302. The van der Waals surface area contributed by atoms with E-state index in [1.165, 1.54) is 32.1 Å². The van der Waals surface area contributed by atoms with Crippen LogP contribution in [0.1, 0.15) is 44.0 Å². The average molecular weight is 309 g/mol. The van der Waals surface area contributed by atoms with Gasteiger partial charge in [0.1, 0.15) is 5.82 Å². The van der Waals surface area contributed by atoms with Gasteiger partial charge in [-0.25, -0.2) is 9.97 Å². The van der Waals surface area contributed by atoms with Crippen LogP contribution in [-0.4, -0.2) is 15.0 Å². The molecule has 96 valence electrons. The van der Waals surface area contributed by atoms with Crippen LogP contribution in [0.15, 0.2) is 16.7 Å². The molecule has 0 aliphatic heterocycles. The lowest BCUT2D eigenvalue weighted by Gasteiger charge is -2.25. The molecule has 0 saturated heterocycles. The highest BCUT2D eigenvalue weighted by molar-refractivity contribution is 9.10. The first-order valence-electron chi connectivity index (χ1n) is 6.51. The molecule has 5 heteroatoms. The number of nitrogens with zero attached hydrogens (tertiary/aromatic N) is 2. The van der Waals surface area contributed by atoms with Crippen LogP contribution in [0.25, 0.3) is 11.2 Å². The summed E-state index contributed by atoms with van der Waals surface area (Å²) in [5.74, 6) is 1.44. The number of rotatable bonds is 2. The molecule has 2 heterocycles. The lowest BCUT2D eigenvalue weighted by Crippen LogP contribution is -2.24. The van der Waals surface area contributed by atoms with Gasteiger partial charge >= 0.3 is 0 Å². The van der Waals surface area contributed by atoms with Crippen molar-refractivity contribution < 1.29 is 0 Å². The minimum Gasteiger partial charge on any atom is -0.339 e. The predicted molar refractivity (Wildman–Crippen MR) is 75.1 cm³/mol. The number of pyridine rings is 1. The van der Waals surface area contributed by atoms with Crippen molar-refractivity contribution in [1.29, 1.82) is 0 Å². The van der Waals surface area contributed by atoms with Crippen LogP contribution >= 0.6 is 15.9 Å². The second-order valence-electron chi connectivity index (χ2n) is 5.07. The molecule has 0 aromatic carbocycles. The third-order valence-electron chi connectivity index (χ3n) is 3.80. The lowest BCUT2D eigenvalue weighted by atomic mass is 9.84. The molecule has 1 aliphatic rings. The van der Waals surface area contributed by atoms with Crippen molar-refractivity contribution in [1.82, 2.24) is 15.0 Å². The van der Waals surface area contributed by atoms with E-state index in [1.54, 1.807) is 6.20 Å². The smallest absolute Gasteiger partial charge is 0.177 e. The van der Waals surface area contributed by atoms with Gasteiger partial charge in [0.05, 0.1) is 11.6 Å². The molecule has 0 bridgehead atoms. The number of nitrogens with one attached hydrogen (secondary N) is 1. The molecule has 1 unspecified atom stereocenters. The molecule has 1 fully saturated rings. The fraction of sp³-hybridized carbons (Fsp3) is 0.538. The van der Waals surface area contributed by atoms with Crippen LogP contribution in [0.2, 0.25) is 0 Å². The number of fused-ring (bicyclic) bond motifs is 1. The van der Waals surface area contributed by atoms with Gasteiger partial charge in [-0.1, -0.05) is 19.3 Å². The Labute approximate surface area is 115 Å². The van der Waals surface area contributed by atoms with E-state index in [0.29, 0.717) is 5.92 Å². The summed E-state index contributed by atoms with van der Waals surface area (Å²) in [6, 6.07) is 2.00. The monoisotopic (exact) mass is 308 g/mol. The highest BCUT2D eigenvalue weighted by Gasteiger charge is 2.24. The SMILES string of the molecule is NC(c1nc2ncc(Br)cc2[nH]1)C1CCCCC1. The van der Waals surface area contributed by atoms with E-state index in [1.807, 2.05) is 6.07 Å². The van der Waals surface area contributed by atoms with Gasteiger partial charge in [0, 0.05) is 10.7 Å². The van der Waals surface area contributed by atoms with Gasteiger partial charge in [-0.3, -0.25) is 0 Å². The van der Waals surface area contributed by atoms with Crippen LogP contribution in [0, 0.1) is 5.92 Å². The van der Waals surface area contributed by atoms with E-state index in [-0.39, 0.29) is 6.04 Å². The third-order valence-corrected chi connectivity index (χ3v) is 4.23. The summed E-state index contributed by atoms with van der Waals surface area (Å²) in [5, 5.41) is 0. The number of halogens is 1. The average Bonchev–Trinajstić information content (AvgIpc) is 2.81. The van der Waals surface area contributed by atoms with Crippen LogP contribution < -0.4 is 5.73 Å². The Balaban J connectivity index is 1.88. The minimum absolute atomic E-state index is 0.0123. The van der Waals surface area contributed by atoms with Crippen molar-refractivity contribution in [2.24, 2.45) is 11.7 Å². The predicted octanol–water partition coefficient (Wildman–Crippen LogP) is 3.30. The normalized spacial score (nSPS) is 19.2. The number of imidazole rings is 1. The number of hydrogen-bond acceptors (Lipinski definition) is 3. The molecular weight excluding hydrogens is 292 g/mol. The van der Waals surface area contributed by atoms with Crippen molar-refractivity contribution >= 4 is 27.1 Å². The fourth-order valence-electron chi connectivity index (χ4n) is 2.77. The number of H-pyrrole nitrogens is 1. The summed E-state index contributed by atoms with van der Waals surface area (Å²) in [7, 11) is 0. The van der Waals surface area contributed by atoms with E-state index in [2.05, 4.69) is 30.9 Å². The Morgan fingerprint density at radius 2 is 2.11 bits per heavy atom. The number of aromatic nitrogens is 3.